The van der Waals surface area contributed by atoms with Crippen LogP contribution in [0.2, 0.25) is 0 Å². The maximum atomic E-state index is 12.9. The molecule has 30 heavy (non-hydrogen) atoms. The minimum Gasteiger partial charge on any atom is -0.384 e. The van der Waals surface area contributed by atoms with E-state index in [1.807, 2.05) is 55.8 Å². The fraction of sp³-hybridized carbons (Fsp3) is 0.350. The molecule has 0 aliphatic carbocycles. The molecule has 3 aromatic rings. The average Bonchev–Trinajstić information content (AvgIpc) is 3.09. The molecule has 0 radical (unpaired) electrons. The molecule has 9 nitrogen and oxygen atoms in total. The van der Waals surface area contributed by atoms with Crippen LogP contribution in [0.1, 0.15) is 41.5 Å². The Morgan fingerprint density at radius 3 is 2.37 bits per heavy atom. The van der Waals surface area contributed by atoms with Crippen LogP contribution in [0, 0.1) is 0 Å². The summed E-state index contributed by atoms with van der Waals surface area (Å²) >= 11 is 1.17. The van der Waals surface area contributed by atoms with Crippen molar-refractivity contribution in [2.45, 2.75) is 31.5 Å². The molecular formula is C20H24N6O3S. The van der Waals surface area contributed by atoms with E-state index in [1.54, 1.807) is 0 Å². The molecule has 2 aromatic heterocycles. The zero-order valence-electron chi connectivity index (χ0n) is 17.3. The van der Waals surface area contributed by atoms with Gasteiger partial charge in [0.2, 0.25) is 0 Å². The molecule has 2 N–H and O–H groups in total. The second-order valence-corrected chi connectivity index (χ2v) is 8.19. The van der Waals surface area contributed by atoms with Gasteiger partial charge in [0, 0.05) is 20.0 Å². The molecule has 0 saturated carbocycles. The van der Waals surface area contributed by atoms with Gasteiger partial charge >= 0.3 is 5.69 Å². The van der Waals surface area contributed by atoms with Gasteiger partial charge in [0.1, 0.15) is 17.2 Å². The second-order valence-electron chi connectivity index (χ2n) is 7.25. The van der Waals surface area contributed by atoms with E-state index in [0.29, 0.717) is 5.16 Å². The van der Waals surface area contributed by atoms with Crippen molar-refractivity contribution in [1.29, 1.82) is 0 Å². The highest BCUT2D eigenvalue weighted by atomic mass is 32.2. The number of ketones is 1. The van der Waals surface area contributed by atoms with Gasteiger partial charge in [0.25, 0.3) is 5.56 Å². The van der Waals surface area contributed by atoms with Crippen molar-refractivity contribution in [2.75, 3.05) is 11.5 Å². The van der Waals surface area contributed by atoms with Crippen molar-refractivity contribution >= 4 is 23.4 Å². The first-order valence-corrected chi connectivity index (χ1v) is 10.4. The third kappa shape index (κ3) is 4.09. The molecule has 0 spiro atoms. The maximum absolute atomic E-state index is 12.9. The van der Waals surface area contributed by atoms with E-state index in [0.717, 1.165) is 16.0 Å². The highest BCUT2D eigenvalue weighted by Gasteiger charge is 2.23. The molecule has 0 bridgehead atoms. The minimum absolute atomic E-state index is 0.0486. The van der Waals surface area contributed by atoms with Gasteiger partial charge in [-0.1, -0.05) is 55.9 Å². The Bertz CT molecular complexity index is 1190. The van der Waals surface area contributed by atoms with E-state index in [4.69, 9.17) is 5.73 Å². The molecule has 10 heteroatoms. The van der Waals surface area contributed by atoms with Crippen molar-refractivity contribution in [3.63, 3.8) is 0 Å². The average molecular weight is 429 g/mol. The normalized spacial score (nSPS) is 11.2. The first-order valence-electron chi connectivity index (χ1n) is 9.40. The number of Topliss-reactive ketones (excluding diaryl/α,β-unsaturated/α-hetero) is 1. The number of aromatic nitrogens is 5. The largest absolute Gasteiger partial charge is 0.384 e. The molecule has 0 saturated heterocycles. The predicted octanol–water partition coefficient (Wildman–Crippen LogP) is 1.40. The fourth-order valence-corrected chi connectivity index (χ4v) is 3.91. The topological polar surface area (TPSA) is 118 Å². The summed E-state index contributed by atoms with van der Waals surface area (Å²) < 4.78 is 3.98. The van der Waals surface area contributed by atoms with Crippen LogP contribution in [0.4, 0.5) is 5.82 Å². The Balaban J connectivity index is 1.92. The Kier molecular flexibility index (Phi) is 6.25. The summed E-state index contributed by atoms with van der Waals surface area (Å²) in [5.41, 5.74) is 5.51. The van der Waals surface area contributed by atoms with Gasteiger partial charge in [0.15, 0.2) is 10.9 Å². The molecule has 3 rings (SSSR count). The Labute approximate surface area is 177 Å². The van der Waals surface area contributed by atoms with Gasteiger partial charge in [-0.15, -0.1) is 10.2 Å². The number of benzene rings is 1. The summed E-state index contributed by atoms with van der Waals surface area (Å²) in [4.78, 5) is 38.1. The van der Waals surface area contributed by atoms with Crippen LogP contribution < -0.4 is 17.0 Å². The number of rotatable bonds is 7. The molecule has 0 atom stereocenters. The Morgan fingerprint density at radius 2 is 1.77 bits per heavy atom. The number of hydrogen-bond donors (Lipinski definition) is 1. The summed E-state index contributed by atoms with van der Waals surface area (Å²) in [5, 5.41) is 8.81. The number of carbonyl (C=O) groups excluding carboxylic acids is 1. The fourth-order valence-electron chi connectivity index (χ4n) is 3.12. The number of anilines is 1. The van der Waals surface area contributed by atoms with E-state index in [9.17, 15) is 14.4 Å². The van der Waals surface area contributed by atoms with Gasteiger partial charge < -0.3 is 10.3 Å². The summed E-state index contributed by atoms with van der Waals surface area (Å²) in [6.45, 7) is 4.17. The standard InChI is InChI=1S/C20H24N6O3S/c1-12(2)17-22-23-19(24(17)3)30-11-14(27)15-16(21)26(20(29)25(4)18(15)28)10-13-8-6-5-7-9-13/h5-9,12H,10-11,21H2,1-4H3. The van der Waals surface area contributed by atoms with E-state index in [2.05, 4.69) is 10.2 Å². The van der Waals surface area contributed by atoms with Gasteiger partial charge in [-0.3, -0.25) is 18.7 Å². The predicted molar refractivity (Wildman–Crippen MR) is 116 cm³/mol. The number of thioether (sulfide) groups is 1. The van der Waals surface area contributed by atoms with Crippen LogP contribution in [0.15, 0.2) is 45.1 Å². The quantitative estimate of drug-likeness (QED) is 0.446. The lowest BCUT2D eigenvalue weighted by molar-refractivity contribution is 0.102. The van der Waals surface area contributed by atoms with E-state index in [-0.39, 0.29) is 29.6 Å². The van der Waals surface area contributed by atoms with Crippen LogP contribution in [-0.2, 0) is 20.6 Å². The van der Waals surface area contributed by atoms with Crippen molar-refractivity contribution in [3.05, 3.63) is 68.1 Å². The third-order valence-electron chi connectivity index (χ3n) is 4.76. The van der Waals surface area contributed by atoms with Gasteiger partial charge in [-0.2, -0.15) is 0 Å². The lowest BCUT2D eigenvalue weighted by atomic mass is 10.2. The number of nitrogens with two attached hydrogens (primary N) is 1. The minimum atomic E-state index is -0.701. The van der Waals surface area contributed by atoms with E-state index < -0.39 is 17.0 Å². The molecule has 0 aliphatic heterocycles. The van der Waals surface area contributed by atoms with Crippen molar-refractivity contribution in [2.24, 2.45) is 14.1 Å². The smallest absolute Gasteiger partial charge is 0.332 e. The monoisotopic (exact) mass is 428 g/mol. The molecule has 0 aliphatic rings. The number of nitrogen functional groups attached to an aromatic ring is 1. The van der Waals surface area contributed by atoms with Crippen molar-refractivity contribution < 1.29 is 4.79 Å². The van der Waals surface area contributed by atoms with E-state index in [1.165, 1.54) is 23.4 Å². The lowest BCUT2D eigenvalue weighted by Gasteiger charge is -2.14. The summed E-state index contributed by atoms with van der Waals surface area (Å²) in [6.07, 6.45) is 0. The molecule has 0 amide bonds. The van der Waals surface area contributed by atoms with Crippen LogP contribution in [0.5, 0.6) is 0 Å². The first kappa shape index (κ1) is 21.6. The number of hydrogen-bond acceptors (Lipinski definition) is 7. The van der Waals surface area contributed by atoms with Gasteiger partial charge in [-0.25, -0.2) is 4.79 Å². The SMILES string of the molecule is CC(C)c1nnc(SCC(=O)c2c(N)n(Cc3ccccc3)c(=O)n(C)c2=O)n1C. The highest BCUT2D eigenvalue weighted by molar-refractivity contribution is 7.99. The molecular weight excluding hydrogens is 404 g/mol. The van der Waals surface area contributed by atoms with Gasteiger partial charge in [-0.05, 0) is 5.56 Å². The highest BCUT2D eigenvalue weighted by Crippen LogP contribution is 2.21. The maximum Gasteiger partial charge on any atom is 0.332 e. The third-order valence-corrected chi connectivity index (χ3v) is 5.78. The summed E-state index contributed by atoms with van der Waals surface area (Å²) in [7, 11) is 3.17. The number of nitrogens with zero attached hydrogens (tertiary/aromatic N) is 5. The number of carbonyl (C=O) groups is 1. The van der Waals surface area contributed by atoms with Crippen molar-refractivity contribution in [3.8, 4) is 0 Å². The van der Waals surface area contributed by atoms with Crippen LogP contribution >= 0.6 is 11.8 Å². The molecule has 158 valence electrons. The molecule has 0 fully saturated rings. The first-order chi connectivity index (χ1) is 14.2. The Hall–Kier alpha value is -3.14. The molecule has 2 heterocycles. The summed E-state index contributed by atoms with van der Waals surface area (Å²) in [5.74, 6) is 0.355. The Morgan fingerprint density at radius 1 is 1.10 bits per heavy atom. The molecule has 1 aromatic carbocycles. The second kappa shape index (κ2) is 8.70. The molecule has 0 unspecified atom stereocenters. The zero-order valence-corrected chi connectivity index (χ0v) is 18.1. The van der Waals surface area contributed by atoms with Crippen LogP contribution in [0.25, 0.3) is 0 Å². The van der Waals surface area contributed by atoms with E-state index >= 15 is 0 Å². The van der Waals surface area contributed by atoms with Crippen LogP contribution in [-0.4, -0.2) is 35.4 Å². The van der Waals surface area contributed by atoms with Crippen molar-refractivity contribution in [1.82, 2.24) is 23.9 Å². The summed E-state index contributed by atoms with van der Waals surface area (Å²) in [6, 6.07) is 9.23. The van der Waals surface area contributed by atoms with Gasteiger partial charge in [0.05, 0.1) is 12.3 Å². The lowest BCUT2D eigenvalue weighted by Crippen LogP contribution is -2.43. The van der Waals surface area contributed by atoms with Crippen LogP contribution in [0.3, 0.4) is 0 Å². The zero-order chi connectivity index (χ0) is 22.0.